The number of methoxy groups -OCH3 is 1. The first-order chi connectivity index (χ1) is 12.5. The van der Waals surface area contributed by atoms with E-state index < -0.39 is 0 Å². The highest BCUT2D eigenvalue weighted by Gasteiger charge is 2.46. The molecular weight excluding hydrogens is 328 g/mol. The lowest BCUT2D eigenvalue weighted by Crippen LogP contribution is -2.56. The van der Waals surface area contributed by atoms with Gasteiger partial charge in [0.05, 0.1) is 13.2 Å². The maximum atomic E-state index is 13.1. The van der Waals surface area contributed by atoms with Gasteiger partial charge in [-0.3, -0.25) is 9.69 Å². The highest BCUT2D eigenvalue weighted by atomic mass is 16.5. The molecule has 1 aromatic rings. The first-order valence-electron chi connectivity index (χ1n) is 9.92. The Balaban J connectivity index is 1.66. The largest absolute Gasteiger partial charge is 0.493 e. The van der Waals surface area contributed by atoms with Gasteiger partial charge in [-0.15, -0.1) is 0 Å². The van der Waals surface area contributed by atoms with Crippen LogP contribution in [0.25, 0.3) is 0 Å². The van der Waals surface area contributed by atoms with Crippen molar-refractivity contribution in [2.24, 2.45) is 0 Å². The molecule has 1 aromatic carbocycles. The molecule has 5 heteroatoms. The molecule has 2 aliphatic rings. The van der Waals surface area contributed by atoms with E-state index in [-0.39, 0.29) is 17.6 Å². The van der Waals surface area contributed by atoms with E-state index in [2.05, 4.69) is 10.2 Å². The minimum Gasteiger partial charge on any atom is -0.493 e. The fourth-order valence-electron chi connectivity index (χ4n) is 4.31. The zero-order valence-corrected chi connectivity index (χ0v) is 16.3. The van der Waals surface area contributed by atoms with Gasteiger partial charge in [-0.2, -0.15) is 0 Å². The molecule has 0 unspecified atom stereocenters. The second kappa shape index (κ2) is 8.30. The molecule has 3 rings (SSSR count). The van der Waals surface area contributed by atoms with Crippen LogP contribution in [-0.4, -0.2) is 42.6 Å². The van der Waals surface area contributed by atoms with E-state index in [1.54, 1.807) is 7.11 Å². The van der Waals surface area contributed by atoms with E-state index in [4.69, 9.17) is 9.47 Å². The van der Waals surface area contributed by atoms with Gasteiger partial charge < -0.3 is 14.8 Å². The molecule has 0 radical (unpaired) electrons. The van der Waals surface area contributed by atoms with E-state index in [9.17, 15) is 4.79 Å². The molecule has 1 saturated carbocycles. The zero-order valence-electron chi connectivity index (χ0n) is 16.3. The average Bonchev–Trinajstić information content (AvgIpc) is 3.32. The SMILES string of the molecule is COc1cc(CNC(=O)C2(N3CCCC3)CCCC2)ccc1OC(C)C. The fraction of sp³-hybridized carbons (Fsp3) is 0.667. The predicted molar refractivity (Wildman–Crippen MR) is 103 cm³/mol. The number of nitrogens with zero attached hydrogens (tertiary/aromatic N) is 1. The van der Waals surface area contributed by atoms with Crippen molar-refractivity contribution in [2.45, 2.75) is 70.6 Å². The minimum absolute atomic E-state index is 0.0946. The Morgan fingerprint density at radius 3 is 2.46 bits per heavy atom. The van der Waals surface area contributed by atoms with Crippen molar-refractivity contribution >= 4 is 5.91 Å². The smallest absolute Gasteiger partial charge is 0.240 e. The number of nitrogens with one attached hydrogen (secondary N) is 1. The van der Waals surface area contributed by atoms with Gasteiger partial charge in [-0.05, 0) is 70.3 Å². The molecule has 1 amide bonds. The zero-order chi connectivity index (χ0) is 18.6. The Hall–Kier alpha value is -1.75. The minimum atomic E-state index is -0.277. The molecule has 0 bridgehead atoms. The van der Waals surface area contributed by atoms with Crippen molar-refractivity contribution in [1.82, 2.24) is 10.2 Å². The monoisotopic (exact) mass is 360 g/mol. The van der Waals surface area contributed by atoms with Crippen LogP contribution in [0, 0.1) is 0 Å². The molecule has 144 valence electrons. The molecule has 1 saturated heterocycles. The second-order valence-corrected chi connectivity index (χ2v) is 7.77. The molecule has 0 atom stereocenters. The number of hydrogen-bond acceptors (Lipinski definition) is 4. The lowest BCUT2D eigenvalue weighted by Gasteiger charge is -2.37. The summed E-state index contributed by atoms with van der Waals surface area (Å²) in [6, 6.07) is 5.87. The number of benzene rings is 1. The standard InChI is InChI=1S/C21H32N2O3/c1-16(2)26-18-9-8-17(14-19(18)25-3)15-22-20(24)21(10-4-5-11-21)23-12-6-7-13-23/h8-9,14,16H,4-7,10-13,15H2,1-3H3,(H,22,24). The normalized spacial score (nSPS) is 19.7. The van der Waals surface area contributed by atoms with E-state index >= 15 is 0 Å². The lowest BCUT2D eigenvalue weighted by atomic mass is 9.94. The van der Waals surface area contributed by atoms with Crippen molar-refractivity contribution in [3.05, 3.63) is 23.8 Å². The number of likely N-dealkylation sites (tertiary alicyclic amines) is 1. The van der Waals surface area contributed by atoms with Crippen LogP contribution in [0.15, 0.2) is 18.2 Å². The summed E-state index contributed by atoms with van der Waals surface area (Å²) in [4.78, 5) is 15.5. The highest BCUT2D eigenvalue weighted by Crippen LogP contribution is 2.38. The summed E-state index contributed by atoms with van der Waals surface area (Å²) in [5.41, 5.74) is 0.752. The van der Waals surface area contributed by atoms with Crippen molar-refractivity contribution in [1.29, 1.82) is 0 Å². The number of carbonyl (C=O) groups is 1. The van der Waals surface area contributed by atoms with Gasteiger partial charge in [-0.25, -0.2) is 0 Å². The van der Waals surface area contributed by atoms with Crippen molar-refractivity contribution in [2.75, 3.05) is 20.2 Å². The Kier molecular flexibility index (Phi) is 6.07. The van der Waals surface area contributed by atoms with Gasteiger partial charge in [0.2, 0.25) is 5.91 Å². The highest BCUT2D eigenvalue weighted by molar-refractivity contribution is 5.86. The van der Waals surface area contributed by atoms with Gasteiger partial charge in [0.1, 0.15) is 5.54 Å². The molecule has 1 N–H and O–H groups in total. The maximum Gasteiger partial charge on any atom is 0.240 e. The quantitative estimate of drug-likeness (QED) is 0.808. The van der Waals surface area contributed by atoms with Gasteiger partial charge in [-0.1, -0.05) is 18.9 Å². The molecule has 5 nitrogen and oxygen atoms in total. The maximum absolute atomic E-state index is 13.1. The van der Waals surface area contributed by atoms with Crippen molar-refractivity contribution < 1.29 is 14.3 Å². The molecule has 0 aromatic heterocycles. The molecule has 26 heavy (non-hydrogen) atoms. The third-order valence-corrected chi connectivity index (χ3v) is 5.61. The van der Waals surface area contributed by atoms with Crippen LogP contribution in [0.2, 0.25) is 0 Å². The van der Waals surface area contributed by atoms with Crippen LogP contribution >= 0.6 is 0 Å². The molecule has 2 fully saturated rings. The van der Waals surface area contributed by atoms with Crippen LogP contribution in [0.3, 0.4) is 0 Å². The topological polar surface area (TPSA) is 50.8 Å². The third kappa shape index (κ3) is 3.98. The fourth-order valence-corrected chi connectivity index (χ4v) is 4.31. The Morgan fingerprint density at radius 2 is 1.85 bits per heavy atom. The van der Waals surface area contributed by atoms with Crippen LogP contribution in [0.1, 0.15) is 57.9 Å². The third-order valence-electron chi connectivity index (χ3n) is 5.61. The van der Waals surface area contributed by atoms with Crippen LogP contribution in [-0.2, 0) is 11.3 Å². The predicted octanol–water partition coefficient (Wildman–Crippen LogP) is 3.51. The van der Waals surface area contributed by atoms with Gasteiger partial charge in [0.25, 0.3) is 0 Å². The number of rotatable bonds is 7. The van der Waals surface area contributed by atoms with E-state index in [1.807, 2.05) is 32.0 Å². The van der Waals surface area contributed by atoms with Crippen LogP contribution in [0.4, 0.5) is 0 Å². The van der Waals surface area contributed by atoms with Crippen LogP contribution < -0.4 is 14.8 Å². The van der Waals surface area contributed by atoms with Gasteiger partial charge in [0.15, 0.2) is 11.5 Å². The average molecular weight is 360 g/mol. The molecule has 1 aliphatic carbocycles. The Labute approximate surface area is 157 Å². The number of carbonyl (C=O) groups excluding carboxylic acids is 1. The Bertz CT molecular complexity index is 618. The summed E-state index contributed by atoms with van der Waals surface area (Å²) in [5, 5.41) is 3.19. The van der Waals surface area contributed by atoms with E-state index in [0.717, 1.165) is 50.1 Å². The molecule has 1 aliphatic heterocycles. The number of amides is 1. The first kappa shape index (κ1) is 19.0. The van der Waals surface area contributed by atoms with E-state index in [0.29, 0.717) is 12.3 Å². The molecule has 1 heterocycles. The molecule has 0 spiro atoms. The van der Waals surface area contributed by atoms with Gasteiger partial charge >= 0.3 is 0 Å². The van der Waals surface area contributed by atoms with Gasteiger partial charge in [0, 0.05) is 6.54 Å². The summed E-state index contributed by atoms with van der Waals surface area (Å²) in [7, 11) is 1.64. The summed E-state index contributed by atoms with van der Waals surface area (Å²) in [6.45, 7) is 6.62. The summed E-state index contributed by atoms with van der Waals surface area (Å²) >= 11 is 0. The van der Waals surface area contributed by atoms with Crippen LogP contribution in [0.5, 0.6) is 11.5 Å². The Morgan fingerprint density at radius 1 is 1.15 bits per heavy atom. The number of hydrogen-bond donors (Lipinski definition) is 1. The van der Waals surface area contributed by atoms with Crippen molar-refractivity contribution in [3.8, 4) is 11.5 Å². The lowest BCUT2D eigenvalue weighted by molar-refractivity contribution is -0.133. The second-order valence-electron chi connectivity index (χ2n) is 7.77. The summed E-state index contributed by atoms with van der Waals surface area (Å²) < 4.78 is 11.2. The molecular formula is C21H32N2O3. The summed E-state index contributed by atoms with van der Waals surface area (Å²) in [5.74, 6) is 1.64. The number of ether oxygens (including phenoxy) is 2. The van der Waals surface area contributed by atoms with Crippen molar-refractivity contribution in [3.63, 3.8) is 0 Å². The summed E-state index contributed by atoms with van der Waals surface area (Å²) in [6.07, 6.45) is 6.80. The first-order valence-corrected chi connectivity index (χ1v) is 9.92. The van der Waals surface area contributed by atoms with E-state index in [1.165, 1.54) is 12.8 Å².